The van der Waals surface area contributed by atoms with Crippen LogP contribution < -0.4 is 14.4 Å². The van der Waals surface area contributed by atoms with E-state index in [4.69, 9.17) is 16.3 Å². The predicted octanol–water partition coefficient (Wildman–Crippen LogP) is 3.32. The van der Waals surface area contributed by atoms with E-state index in [0.717, 1.165) is 36.4 Å². The molecule has 2 aromatic carbocycles. The highest BCUT2D eigenvalue weighted by Gasteiger charge is 2.44. The maximum absolute atomic E-state index is 13.9. The zero-order valence-electron chi connectivity index (χ0n) is 30.8. The van der Waals surface area contributed by atoms with Crippen LogP contribution in [-0.4, -0.2) is 119 Å². The Kier molecular flexibility index (Phi) is 11.1. The molecular formula is C38H50ClN5O8S2. The predicted molar refractivity (Wildman–Crippen MR) is 206 cm³/mol. The van der Waals surface area contributed by atoms with Crippen molar-refractivity contribution in [2.45, 2.75) is 68.1 Å². The number of nitrogens with one attached hydrogen (secondary N) is 1. The van der Waals surface area contributed by atoms with Gasteiger partial charge in [-0.1, -0.05) is 29.8 Å². The van der Waals surface area contributed by atoms with Crippen LogP contribution in [0.1, 0.15) is 66.4 Å². The SMILES string of the molecule is CN(C)S(=O)(=O)N1CCN(C(=O)C[C@@H]2CC/C=C/[C@H](O)[C@@H]3CC[C@H]3CN3C[C@@]4(CCCc5cc(Cl)ccc54)COc4ccc(cc43)C(=O)NS2(=O)=O)CC1. The van der Waals surface area contributed by atoms with Crippen molar-refractivity contribution in [1.29, 1.82) is 0 Å². The van der Waals surface area contributed by atoms with E-state index in [1.807, 2.05) is 12.1 Å². The van der Waals surface area contributed by atoms with E-state index >= 15 is 0 Å². The fourth-order valence-electron chi connectivity index (χ4n) is 8.83. The first kappa shape index (κ1) is 39.0. The van der Waals surface area contributed by atoms with Gasteiger partial charge < -0.3 is 19.6 Å². The molecule has 7 rings (SSSR count). The molecule has 5 atom stereocenters. The van der Waals surface area contributed by atoms with Crippen molar-refractivity contribution >= 4 is 49.3 Å². The maximum Gasteiger partial charge on any atom is 0.281 e. The van der Waals surface area contributed by atoms with Crippen LogP contribution in [0.15, 0.2) is 48.6 Å². The first-order valence-corrected chi connectivity index (χ1v) is 22.2. The number of sulfonamides is 1. The van der Waals surface area contributed by atoms with Gasteiger partial charge in [-0.25, -0.2) is 13.1 Å². The van der Waals surface area contributed by atoms with Gasteiger partial charge in [-0.2, -0.15) is 17.0 Å². The number of ether oxygens (including phenoxy) is 1. The normalized spacial score (nSPS) is 29.6. The molecule has 2 bridgehead atoms. The van der Waals surface area contributed by atoms with Crippen LogP contribution in [-0.2, 0) is 36.9 Å². The number of aryl methyl sites for hydroxylation is 1. The second kappa shape index (κ2) is 15.4. The quantitative estimate of drug-likeness (QED) is 0.443. The van der Waals surface area contributed by atoms with Crippen LogP contribution in [0.3, 0.4) is 0 Å². The number of carbonyl (C=O) groups excluding carboxylic acids is 2. The van der Waals surface area contributed by atoms with Crippen molar-refractivity contribution in [3.8, 4) is 5.75 Å². The fraction of sp³-hybridized carbons (Fsp3) is 0.579. The highest BCUT2D eigenvalue weighted by atomic mass is 35.5. The second-order valence-electron chi connectivity index (χ2n) is 15.7. The van der Waals surface area contributed by atoms with Gasteiger partial charge in [0.2, 0.25) is 15.9 Å². The van der Waals surface area contributed by atoms with E-state index in [1.165, 1.54) is 34.4 Å². The number of benzene rings is 2. The van der Waals surface area contributed by atoms with Gasteiger partial charge in [0.15, 0.2) is 0 Å². The lowest BCUT2D eigenvalue weighted by atomic mass is 9.68. The lowest BCUT2D eigenvalue weighted by Crippen LogP contribution is -2.53. The number of anilines is 1. The summed E-state index contributed by atoms with van der Waals surface area (Å²) in [5.41, 5.74) is 2.92. The summed E-state index contributed by atoms with van der Waals surface area (Å²) in [5.74, 6) is -0.433. The largest absolute Gasteiger partial charge is 0.490 e. The molecule has 5 aliphatic rings. The van der Waals surface area contributed by atoms with E-state index in [2.05, 4.69) is 15.7 Å². The first-order valence-electron chi connectivity index (χ1n) is 18.8. The van der Waals surface area contributed by atoms with Crippen LogP contribution in [0.4, 0.5) is 5.69 Å². The van der Waals surface area contributed by atoms with Gasteiger partial charge in [-0.15, -0.1) is 0 Å². The summed E-state index contributed by atoms with van der Waals surface area (Å²) in [5, 5.41) is 10.8. The minimum atomic E-state index is -4.36. The number of aliphatic hydroxyl groups is 1. The van der Waals surface area contributed by atoms with E-state index in [1.54, 1.807) is 30.4 Å². The molecule has 3 heterocycles. The highest BCUT2D eigenvalue weighted by molar-refractivity contribution is 7.90. The average molecular weight is 804 g/mol. The number of amides is 2. The number of piperazine rings is 1. The van der Waals surface area contributed by atoms with E-state index in [0.29, 0.717) is 36.2 Å². The molecule has 13 nitrogen and oxygen atoms in total. The molecule has 1 saturated heterocycles. The number of rotatable bonds is 4. The van der Waals surface area contributed by atoms with E-state index in [-0.39, 0.29) is 68.3 Å². The van der Waals surface area contributed by atoms with Crippen molar-refractivity contribution < 1.29 is 36.3 Å². The van der Waals surface area contributed by atoms with Crippen molar-refractivity contribution in [2.75, 3.05) is 64.9 Å². The standard InChI is InChI=1S/C38H50ClN5O8S2/c1-41(2)54(50,51)44-18-16-42(17-19-44)36(46)22-30-7-3-4-8-34(45)31-12-9-28(31)23-43-24-38(15-5-6-26-20-29(39)11-13-32(26)38)25-52-35-14-10-27(21-33(35)43)37(47)40-53(30,48)49/h4,8,10-11,13-14,20-21,28,30-31,34,45H,3,5-7,9,12,15-19,22-25H2,1-2H3,(H,40,47)/b8-4+/t28-,30-,31+,34-,38-/m0/s1. The van der Waals surface area contributed by atoms with E-state index < -0.39 is 43.4 Å². The molecule has 2 fully saturated rings. The Hall–Kier alpha value is -3.21. The summed E-state index contributed by atoms with van der Waals surface area (Å²) in [7, 11) is -5.13. The second-order valence-corrected chi connectivity index (χ2v) is 20.2. The van der Waals surface area contributed by atoms with Gasteiger partial charge in [0.25, 0.3) is 16.1 Å². The molecule has 16 heteroatoms. The topological polar surface area (TPSA) is 157 Å². The molecule has 2 amide bonds. The van der Waals surface area contributed by atoms with Gasteiger partial charge >= 0.3 is 0 Å². The Balaban J connectivity index is 1.16. The number of allylic oxidation sites excluding steroid dienone is 1. The lowest BCUT2D eigenvalue weighted by molar-refractivity contribution is -0.132. The van der Waals surface area contributed by atoms with Gasteiger partial charge in [-0.05, 0) is 98.2 Å². The summed E-state index contributed by atoms with van der Waals surface area (Å²) < 4.78 is 64.3. The smallest absolute Gasteiger partial charge is 0.281 e. The van der Waals surface area contributed by atoms with Crippen molar-refractivity contribution in [1.82, 2.24) is 18.2 Å². The molecule has 2 aromatic rings. The number of halogens is 1. The van der Waals surface area contributed by atoms with Gasteiger partial charge in [0.05, 0.1) is 23.6 Å². The van der Waals surface area contributed by atoms with Gasteiger partial charge in [0, 0.05) is 75.8 Å². The Bertz CT molecular complexity index is 2020. The first-order chi connectivity index (χ1) is 25.7. The monoisotopic (exact) mass is 803 g/mol. The average Bonchev–Trinajstić information content (AvgIpc) is 3.27. The van der Waals surface area contributed by atoms with Crippen molar-refractivity contribution in [2.24, 2.45) is 11.8 Å². The molecule has 54 heavy (non-hydrogen) atoms. The molecule has 1 saturated carbocycles. The number of nitrogens with zero attached hydrogens (tertiary/aromatic N) is 4. The molecule has 1 spiro atoms. The zero-order chi connectivity index (χ0) is 38.4. The molecule has 0 unspecified atom stereocenters. The van der Waals surface area contributed by atoms with Crippen molar-refractivity contribution in [3.63, 3.8) is 0 Å². The number of carbonyl (C=O) groups is 2. The van der Waals surface area contributed by atoms with Crippen LogP contribution >= 0.6 is 11.6 Å². The summed E-state index contributed by atoms with van der Waals surface area (Å²) >= 11 is 6.42. The Morgan fingerprint density at radius 3 is 2.59 bits per heavy atom. The molecule has 2 N–H and O–H groups in total. The lowest BCUT2D eigenvalue weighted by Gasteiger charge is -2.45. The van der Waals surface area contributed by atoms with E-state index in [9.17, 15) is 31.5 Å². The summed E-state index contributed by atoms with van der Waals surface area (Å²) in [6.07, 6.45) is 7.32. The molecule has 294 valence electrons. The van der Waals surface area contributed by atoms with Crippen LogP contribution in [0.2, 0.25) is 5.02 Å². The van der Waals surface area contributed by atoms with Crippen LogP contribution in [0, 0.1) is 11.8 Å². The minimum Gasteiger partial charge on any atom is -0.490 e. The summed E-state index contributed by atoms with van der Waals surface area (Å²) in [6, 6.07) is 11.1. The van der Waals surface area contributed by atoms with Crippen LogP contribution in [0.25, 0.3) is 0 Å². The third-order valence-corrected chi connectivity index (χ3v) is 16.0. The molecular weight excluding hydrogens is 754 g/mol. The third-order valence-electron chi connectivity index (χ3n) is 12.1. The van der Waals surface area contributed by atoms with Gasteiger partial charge in [0.1, 0.15) is 5.75 Å². The highest BCUT2D eigenvalue weighted by Crippen LogP contribution is 2.47. The Morgan fingerprint density at radius 1 is 1.09 bits per heavy atom. The van der Waals surface area contributed by atoms with Gasteiger partial charge in [-0.3, -0.25) is 9.59 Å². The van der Waals surface area contributed by atoms with Crippen LogP contribution in [0.5, 0.6) is 5.75 Å². The molecule has 0 radical (unpaired) electrons. The fourth-order valence-corrected chi connectivity index (χ4v) is 11.5. The van der Waals surface area contributed by atoms with Crippen molar-refractivity contribution in [3.05, 3.63) is 70.3 Å². The molecule has 2 aliphatic carbocycles. The zero-order valence-corrected chi connectivity index (χ0v) is 33.2. The third kappa shape index (κ3) is 7.77. The number of aliphatic hydroxyl groups excluding tert-OH is 1. The molecule has 0 aromatic heterocycles. The minimum absolute atomic E-state index is 0.0118. The number of fused-ring (bicyclic) bond motifs is 4. The molecule has 3 aliphatic heterocycles. The Labute approximate surface area is 323 Å². The maximum atomic E-state index is 13.9. The Morgan fingerprint density at radius 2 is 1.87 bits per heavy atom. The summed E-state index contributed by atoms with van der Waals surface area (Å²) in [4.78, 5) is 31.1. The number of hydrogen-bond acceptors (Lipinski definition) is 9. The number of hydrogen-bond donors (Lipinski definition) is 2. The summed E-state index contributed by atoms with van der Waals surface area (Å²) in [6.45, 7) is 2.10.